The number of nitrogens with zero attached hydrogens (tertiary/aromatic N) is 1. The van der Waals surface area contributed by atoms with Crippen LogP contribution in [-0.4, -0.2) is 42.6 Å². The fourth-order valence-corrected chi connectivity index (χ4v) is 2.93. The van der Waals surface area contributed by atoms with Crippen LogP contribution in [0.15, 0.2) is 0 Å². The first-order chi connectivity index (χ1) is 8.86. The number of nitrogens with two attached hydrogens (primary N) is 1. The van der Waals surface area contributed by atoms with E-state index in [0.29, 0.717) is 19.1 Å². The third-order valence-corrected chi connectivity index (χ3v) is 4.23. The van der Waals surface area contributed by atoms with Gasteiger partial charge in [-0.05, 0) is 53.0 Å². The van der Waals surface area contributed by atoms with Gasteiger partial charge in [0.05, 0.1) is 6.61 Å². The molecule has 1 rings (SSSR count). The highest BCUT2D eigenvalue weighted by Crippen LogP contribution is 2.26. The summed E-state index contributed by atoms with van der Waals surface area (Å²) in [5.41, 5.74) is 5.20. The SMILES string of the molecule is CCOC(=O)C(C)(N)CC(C)N(C)CC1CCCC1. The molecule has 112 valence electrons. The Balaban J connectivity index is 2.43. The highest BCUT2D eigenvalue weighted by molar-refractivity contribution is 5.80. The quantitative estimate of drug-likeness (QED) is 0.720. The van der Waals surface area contributed by atoms with Crippen LogP contribution in [0.2, 0.25) is 0 Å². The maximum absolute atomic E-state index is 11.8. The van der Waals surface area contributed by atoms with Crippen LogP contribution >= 0.6 is 0 Å². The molecular weight excluding hydrogens is 240 g/mol. The molecule has 0 aromatic heterocycles. The van der Waals surface area contributed by atoms with E-state index in [0.717, 1.165) is 12.5 Å². The average Bonchev–Trinajstić information content (AvgIpc) is 2.81. The van der Waals surface area contributed by atoms with Crippen molar-refractivity contribution in [2.24, 2.45) is 11.7 Å². The Morgan fingerprint density at radius 3 is 2.58 bits per heavy atom. The van der Waals surface area contributed by atoms with Gasteiger partial charge in [-0.2, -0.15) is 0 Å². The standard InChI is InChI=1S/C15H30N2O2/c1-5-19-14(18)15(3,16)10-12(2)17(4)11-13-8-6-7-9-13/h12-13H,5-11,16H2,1-4H3. The number of esters is 1. The molecule has 4 heteroatoms. The normalized spacial score (nSPS) is 21.4. The second kappa shape index (κ2) is 7.25. The minimum absolute atomic E-state index is 0.292. The molecule has 1 aliphatic carbocycles. The third kappa shape index (κ3) is 5.11. The van der Waals surface area contributed by atoms with E-state index >= 15 is 0 Å². The lowest BCUT2D eigenvalue weighted by atomic mass is 9.93. The summed E-state index contributed by atoms with van der Waals surface area (Å²) < 4.78 is 5.04. The maximum Gasteiger partial charge on any atom is 0.325 e. The Morgan fingerprint density at radius 1 is 1.47 bits per heavy atom. The number of carbonyl (C=O) groups is 1. The van der Waals surface area contributed by atoms with Crippen LogP contribution in [0, 0.1) is 5.92 Å². The van der Waals surface area contributed by atoms with Gasteiger partial charge < -0.3 is 15.4 Å². The summed E-state index contributed by atoms with van der Waals surface area (Å²) in [6, 6.07) is 0.292. The van der Waals surface area contributed by atoms with Crippen LogP contribution in [0.1, 0.15) is 52.9 Å². The van der Waals surface area contributed by atoms with Crippen molar-refractivity contribution >= 4 is 5.97 Å². The third-order valence-electron chi connectivity index (χ3n) is 4.23. The molecule has 0 amide bonds. The summed E-state index contributed by atoms with van der Waals surface area (Å²) in [6.45, 7) is 7.21. The number of rotatable bonds is 7. The Kier molecular flexibility index (Phi) is 6.27. The highest BCUT2D eigenvalue weighted by atomic mass is 16.5. The van der Waals surface area contributed by atoms with Gasteiger partial charge in [0.25, 0.3) is 0 Å². The molecule has 2 atom stereocenters. The summed E-state index contributed by atoms with van der Waals surface area (Å²) in [7, 11) is 2.13. The van der Waals surface area contributed by atoms with Crippen molar-refractivity contribution in [2.75, 3.05) is 20.2 Å². The van der Waals surface area contributed by atoms with E-state index in [-0.39, 0.29) is 5.97 Å². The molecule has 1 aliphatic rings. The minimum Gasteiger partial charge on any atom is -0.465 e. The van der Waals surface area contributed by atoms with Crippen molar-refractivity contribution in [1.82, 2.24) is 4.90 Å². The molecule has 4 nitrogen and oxygen atoms in total. The van der Waals surface area contributed by atoms with Gasteiger partial charge in [-0.1, -0.05) is 12.8 Å². The van der Waals surface area contributed by atoms with E-state index in [9.17, 15) is 4.79 Å². The van der Waals surface area contributed by atoms with Crippen molar-refractivity contribution in [1.29, 1.82) is 0 Å². The molecule has 0 aromatic carbocycles. The highest BCUT2D eigenvalue weighted by Gasteiger charge is 2.33. The lowest BCUT2D eigenvalue weighted by Gasteiger charge is -2.32. The molecular formula is C15H30N2O2. The minimum atomic E-state index is -0.890. The van der Waals surface area contributed by atoms with E-state index in [1.165, 1.54) is 25.7 Å². The van der Waals surface area contributed by atoms with Crippen molar-refractivity contribution in [3.05, 3.63) is 0 Å². The van der Waals surface area contributed by atoms with Crippen LogP contribution < -0.4 is 5.73 Å². The van der Waals surface area contributed by atoms with Crippen LogP contribution in [0.4, 0.5) is 0 Å². The molecule has 0 radical (unpaired) electrons. The number of hydrogen-bond acceptors (Lipinski definition) is 4. The summed E-state index contributed by atoms with van der Waals surface area (Å²) in [6.07, 6.45) is 6.05. The Morgan fingerprint density at radius 2 is 2.05 bits per heavy atom. The number of ether oxygens (including phenoxy) is 1. The van der Waals surface area contributed by atoms with Crippen LogP contribution in [0.3, 0.4) is 0 Å². The van der Waals surface area contributed by atoms with E-state index in [1.807, 2.05) is 6.92 Å². The lowest BCUT2D eigenvalue weighted by molar-refractivity contribution is -0.149. The zero-order valence-electron chi connectivity index (χ0n) is 12.9. The van der Waals surface area contributed by atoms with Crippen molar-refractivity contribution in [3.63, 3.8) is 0 Å². The first kappa shape index (κ1) is 16.4. The van der Waals surface area contributed by atoms with E-state index < -0.39 is 5.54 Å². The van der Waals surface area contributed by atoms with Crippen LogP contribution in [0.25, 0.3) is 0 Å². The van der Waals surface area contributed by atoms with E-state index in [2.05, 4.69) is 18.9 Å². The Labute approximate surface area is 117 Å². The summed E-state index contributed by atoms with van der Waals surface area (Å²) in [5, 5.41) is 0. The van der Waals surface area contributed by atoms with Gasteiger partial charge >= 0.3 is 5.97 Å². The van der Waals surface area contributed by atoms with Gasteiger partial charge in [-0.25, -0.2) is 0 Å². The second-order valence-corrected chi connectivity index (χ2v) is 6.28. The van der Waals surface area contributed by atoms with Gasteiger partial charge in [0.1, 0.15) is 5.54 Å². The molecule has 1 saturated carbocycles. The second-order valence-electron chi connectivity index (χ2n) is 6.28. The lowest BCUT2D eigenvalue weighted by Crippen LogP contribution is -2.51. The fourth-order valence-electron chi connectivity index (χ4n) is 2.93. The first-order valence-electron chi connectivity index (χ1n) is 7.53. The predicted molar refractivity (Wildman–Crippen MR) is 77.9 cm³/mol. The molecule has 0 aromatic rings. The zero-order chi connectivity index (χ0) is 14.5. The van der Waals surface area contributed by atoms with E-state index in [1.54, 1.807) is 6.92 Å². The maximum atomic E-state index is 11.8. The fraction of sp³-hybridized carbons (Fsp3) is 0.933. The first-order valence-corrected chi connectivity index (χ1v) is 7.53. The van der Waals surface area contributed by atoms with Gasteiger partial charge in [0.15, 0.2) is 0 Å². The Hall–Kier alpha value is -0.610. The smallest absolute Gasteiger partial charge is 0.325 e. The molecule has 0 aliphatic heterocycles. The van der Waals surface area contributed by atoms with Gasteiger partial charge in [0.2, 0.25) is 0 Å². The summed E-state index contributed by atoms with van der Waals surface area (Å²) in [4.78, 5) is 14.1. The number of hydrogen-bond donors (Lipinski definition) is 1. The summed E-state index contributed by atoms with van der Waals surface area (Å²) in [5.74, 6) is 0.523. The molecule has 0 heterocycles. The zero-order valence-corrected chi connectivity index (χ0v) is 12.9. The van der Waals surface area contributed by atoms with Crippen molar-refractivity contribution in [3.8, 4) is 0 Å². The molecule has 1 fully saturated rings. The topological polar surface area (TPSA) is 55.6 Å². The van der Waals surface area contributed by atoms with Crippen LogP contribution in [-0.2, 0) is 9.53 Å². The monoisotopic (exact) mass is 270 g/mol. The van der Waals surface area contributed by atoms with E-state index in [4.69, 9.17) is 10.5 Å². The van der Waals surface area contributed by atoms with Crippen LogP contribution in [0.5, 0.6) is 0 Å². The molecule has 0 bridgehead atoms. The predicted octanol–water partition coefficient (Wildman–Crippen LogP) is 2.17. The molecule has 0 saturated heterocycles. The number of carbonyl (C=O) groups excluding carboxylic acids is 1. The molecule has 2 N–H and O–H groups in total. The van der Waals surface area contributed by atoms with Gasteiger partial charge in [0, 0.05) is 12.6 Å². The van der Waals surface area contributed by atoms with Crippen molar-refractivity contribution < 1.29 is 9.53 Å². The summed E-state index contributed by atoms with van der Waals surface area (Å²) >= 11 is 0. The van der Waals surface area contributed by atoms with Gasteiger partial charge in [-0.15, -0.1) is 0 Å². The van der Waals surface area contributed by atoms with Gasteiger partial charge in [-0.3, -0.25) is 4.79 Å². The molecule has 0 spiro atoms. The molecule has 2 unspecified atom stereocenters. The van der Waals surface area contributed by atoms with Crippen molar-refractivity contribution in [2.45, 2.75) is 64.5 Å². The largest absolute Gasteiger partial charge is 0.465 e. The average molecular weight is 270 g/mol. The Bertz CT molecular complexity index is 286. The molecule has 19 heavy (non-hydrogen) atoms.